The van der Waals surface area contributed by atoms with Crippen LogP contribution in [-0.4, -0.2) is 35.4 Å². The topological polar surface area (TPSA) is 81.8 Å². The molecule has 0 radical (unpaired) electrons. The van der Waals surface area contributed by atoms with Gasteiger partial charge in [-0.05, 0) is 68.1 Å². The van der Waals surface area contributed by atoms with Crippen LogP contribution in [0.15, 0.2) is 28.7 Å². The molecule has 35 heavy (non-hydrogen) atoms. The number of aromatic nitrogens is 1. The zero-order valence-corrected chi connectivity index (χ0v) is 22.7. The predicted octanol–water partition coefficient (Wildman–Crippen LogP) is 7.14. The molecule has 0 bridgehead atoms. The second-order valence-electron chi connectivity index (χ2n) is 11.8. The summed E-state index contributed by atoms with van der Waals surface area (Å²) >= 11 is 0. The van der Waals surface area contributed by atoms with E-state index in [2.05, 4.69) is 58.9 Å². The number of carboxylic acids is 1. The van der Waals surface area contributed by atoms with Gasteiger partial charge in [0.2, 0.25) is 5.89 Å². The molecule has 6 heteroatoms. The van der Waals surface area contributed by atoms with Crippen molar-refractivity contribution in [2.45, 2.75) is 97.2 Å². The third-order valence-electron chi connectivity index (χ3n) is 7.17. The molecule has 1 aliphatic carbocycles. The fourth-order valence-electron chi connectivity index (χ4n) is 4.87. The molecule has 1 aliphatic rings. The SMILES string of the molecule is COC(c1nc(-c2ccc(C(C)(C)C)cc2)oc1C(C)C)[C@H]1CCC[C@@H](COC(C)(C)C(=O)O)C1. The molecule has 1 aromatic carbocycles. The normalized spacial score (nSPS) is 20.3. The van der Waals surface area contributed by atoms with Crippen molar-refractivity contribution < 1.29 is 23.8 Å². The molecule has 3 rings (SSSR count). The van der Waals surface area contributed by atoms with Gasteiger partial charge in [-0.3, -0.25) is 0 Å². The molecule has 2 aromatic rings. The number of carbonyl (C=O) groups is 1. The number of rotatable bonds is 9. The van der Waals surface area contributed by atoms with Gasteiger partial charge in [0.1, 0.15) is 17.6 Å². The lowest BCUT2D eigenvalue weighted by Gasteiger charge is -2.34. The summed E-state index contributed by atoms with van der Waals surface area (Å²) in [4.78, 5) is 16.4. The minimum absolute atomic E-state index is 0.0887. The molecule has 3 atom stereocenters. The lowest BCUT2D eigenvalue weighted by atomic mass is 9.77. The van der Waals surface area contributed by atoms with Crippen molar-refractivity contribution in [2.24, 2.45) is 11.8 Å². The highest BCUT2D eigenvalue weighted by Gasteiger charge is 2.36. The molecule has 1 saturated carbocycles. The number of aliphatic carboxylic acids is 1. The first-order chi connectivity index (χ1) is 16.3. The maximum atomic E-state index is 11.4. The molecule has 0 aliphatic heterocycles. The summed E-state index contributed by atoms with van der Waals surface area (Å²) < 4.78 is 18.2. The summed E-state index contributed by atoms with van der Waals surface area (Å²) in [6.07, 6.45) is 3.87. The quantitative estimate of drug-likeness (QED) is 0.407. The summed E-state index contributed by atoms with van der Waals surface area (Å²) in [7, 11) is 1.74. The van der Waals surface area contributed by atoms with E-state index in [1.807, 2.05) is 0 Å². The van der Waals surface area contributed by atoms with Gasteiger partial charge in [-0.25, -0.2) is 9.78 Å². The summed E-state index contributed by atoms with van der Waals surface area (Å²) in [5, 5.41) is 9.37. The Kier molecular flexibility index (Phi) is 8.48. The second-order valence-corrected chi connectivity index (χ2v) is 11.8. The molecule has 1 fully saturated rings. The highest BCUT2D eigenvalue weighted by Crippen LogP contribution is 2.42. The second kappa shape index (κ2) is 10.8. The average molecular weight is 486 g/mol. The summed E-state index contributed by atoms with van der Waals surface area (Å²) in [5.41, 5.74) is 2.03. The number of nitrogens with zero attached hydrogens (tertiary/aromatic N) is 1. The van der Waals surface area contributed by atoms with E-state index in [9.17, 15) is 9.90 Å². The largest absolute Gasteiger partial charge is 0.479 e. The smallest absolute Gasteiger partial charge is 0.335 e. The van der Waals surface area contributed by atoms with Crippen LogP contribution in [-0.2, 0) is 19.7 Å². The number of carboxylic acid groups (broad SMARTS) is 1. The van der Waals surface area contributed by atoms with E-state index in [0.29, 0.717) is 18.4 Å². The van der Waals surface area contributed by atoms with E-state index in [1.54, 1.807) is 21.0 Å². The molecule has 1 aromatic heterocycles. The zero-order chi connectivity index (χ0) is 26.0. The van der Waals surface area contributed by atoms with Crippen LogP contribution in [0.25, 0.3) is 11.5 Å². The Labute approximate surface area is 210 Å². The maximum absolute atomic E-state index is 11.4. The van der Waals surface area contributed by atoms with Crippen LogP contribution < -0.4 is 0 Å². The van der Waals surface area contributed by atoms with Gasteiger partial charge in [0.15, 0.2) is 5.60 Å². The van der Waals surface area contributed by atoms with E-state index in [4.69, 9.17) is 18.9 Å². The van der Waals surface area contributed by atoms with Crippen molar-refractivity contribution >= 4 is 5.97 Å². The number of hydrogen-bond donors (Lipinski definition) is 1. The number of hydrogen-bond acceptors (Lipinski definition) is 5. The molecule has 1 N–H and O–H groups in total. The Hall–Kier alpha value is -2.18. The number of methoxy groups -OCH3 is 1. The van der Waals surface area contributed by atoms with Crippen molar-refractivity contribution in [1.82, 2.24) is 4.98 Å². The van der Waals surface area contributed by atoms with Crippen LogP contribution in [0.4, 0.5) is 0 Å². The van der Waals surface area contributed by atoms with Crippen molar-refractivity contribution in [3.63, 3.8) is 0 Å². The van der Waals surface area contributed by atoms with Crippen molar-refractivity contribution in [3.8, 4) is 11.5 Å². The number of ether oxygens (including phenoxy) is 2. The fourth-order valence-corrected chi connectivity index (χ4v) is 4.87. The molecule has 0 saturated heterocycles. The van der Waals surface area contributed by atoms with Gasteiger partial charge in [-0.2, -0.15) is 0 Å². The monoisotopic (exact) mass is 485 g/mol. The summed E-state index contributed by atoms with van der Waals surface area (Å²) in [6.45, 7) is 14.5. The predicted molar refractivity (Wildman–Crippen MR) is 138 cm³/mol. The fraction of sp³-hybridized carbons (Fsp3) is 0.655. The minimum atomic E-state index is -1.18. The minimum Gasteiger partial charge on any atom is -0.479 e. The standard InChI is InChI=1S/C29H43NO5/c1-18(2)24-23(30-26(35-24)20-12-14-22(15-13-20)28(3,4)5)25(33-8)21-11-9-10-19(16-21)17-34-29(6,7)27(31)32/h12-15,18-19,21,25H,9-11,16-17H2,1-8H3,(H,31,32)/t19-,21+,25?/m1/s1. The van der Waals surface area contributed by atoms with E-state index >= 15 is 0 Å². The molecular weight excluding hydrogens is 442 g/mol. The molecule has 0 amide bonds. The van der Waals surface area contributed by atoms with Gasteiger partial charge in [0.05, 0.1) is 6.61 Å². The molecule has 1 unspecified atom stereocenters. The third-order valence-corrected chi connectivity index (χ3v) is 7.17. The van der Waals surface area contributed by atoms with Crippen LogP contribution in [0.1, 0.15) is 103 Å². The van der Waals surface area contributed by atoms with Crippen LogP contribution in [0, 0.1) is 11.8 Å². The van der Waals surface area contributed by atoms with Gasteiger partial charge in [0, 0.05) is 18.6 Å². The van der Waals surface area contributed by atoms with Gasteiger partial charge in [-0.15, -0.1) is 0 Å². The Morgan fingerprint density at radius 2 is 1.80 bits per heavy atom. The van der Waals surface area contributed by atoms with Crippen LogP contribution in [0.2, 0.25) is 0 Å². The summed E-state index contributed by atoms with van der Waals surface area (Å²) in [6, 6.07) is 8.46. The van der Waals surface area contributed by atoms with Gasteiger partial charge in [0.25, 0.3) is 0 Å². The first-order valence-corrected chi connectivity index (χ1v) is 12.8. The highest BCUT2D eigenvalue weighted by molar-refractivity contribution is 5.76. The zero-order valence-electron chi connectivity index (χ0n) is 22.7. The molecule has 1 heterocycles. The Balaban J connectivity index is 1.82. The summed E-state index contributed by atoms with van der Waals surface area (Å²) in [5.74, 6) is 1.31. The average Bonchev–Trinajstić information content (AvgIpc) is 3.23. The van der Waals surface area contributed by atoms with Gasteiger partial charge >= 0.3 is 5.97 Å². The lowest BCUT2D eigenvalue weighted by molar-refractivity contribution is -0.163. The van der Waals surface area contributed by atoms with Crippen LogP contribution >= 0.6 is 0 Å². The first kappa shape index (κ1) is 27.4. The van der Waals surface area contributed by atoms with Crippen molar-refractivity contribution in [1.29, 1.82) is 0 Å². The van der Waals surface area contributed by atoms with Crippen molar-refractivity contribution in [2.75, 3.05) is 13.7 Å². The maximum Gasteiger partial charge on any atom is 0.335 e. The van der Waals surface area contributed by atoms with Gasteiger partial charge in [-0.1, -0.05) is 53.2 Å². The van der Waals surface area contributed by atoms with E-state index in [1.165, 1.54) is 5.56 Å². The molecule has 6 nitrogen and oxygen atoms in total. The lowest BCUT2D eigenvalue weighted by Crippen LogP contribution is -2.37. The Bertz CT molecular complexity index is 983. The van der Waals surface area contributed by atoms with Crippen LogP contribution in [0.3, 0.4) is 0 Å². The van der Waals surface area contributed by atoms with Crippen LogP contribution in [0.5, 0.6) is 0 Å². The highest BCUT2D eigenvalue weighted by atomic mass is 16.5. The number of benzene rings is 1. The molecule has 0 spiro atoms. The van der Waals surface area contributed by atoms with E-state index in [-0.39, 0.29) is 23.4 Å². The Morgan fingerprint density at radius 1 is 1.14 bits per heavy atom. The van der Waals surface area contributed by atoms with E-state index in [0.717, 1.165) is 42.7 Å². The molecule has 194 valence electrons. The number of oxazole rings is 1. The third kappa shape index (κ3) is 6.53. The first-order valence-electron chi connectivity index (χ1n) is 12.8. The molecular formula is C29H43NO5. The van der Waals surface area contributed by atoms with E-state index < -0.39 is 11.6 Å². The van der Waals surface area contributed by atoms with Gasteiger partial charge < -0.3 is 19.0 Å². The Morgan fingerprint density at radius 3 is 2.34 bits per heavy atom. The van der Waals surface area contributed by atoms with Crippen molar-refractivity contribution in [3.05, 3.63) is 41.3 Å².